The van der Waals surface area contributed by atoms with Crippen molar-refractivity contribution in [2.75, 3.05) is 24.5 Å². The molecule has 0 bridgehead atoms. The molecule has 1 aliphatic heterocycles. The number of amides is 1. The molecule has 2 N–H and O–H groups in total. The van der Waals surface area contributed by atoms with Gasteiger partial charge < -0.3 is 15.3 Å². The minimum absolute atomic E-state index is 0.0235. The molecule has 0 radical (unpaired) electrons. The number of aromatic hydroxyl groups is 1. The highest BCUT2D eigenvalue weighted by Gasteiger charge is 2.29. The Balaban J connectivity index is 1.69. The molecule has 0 unspecified atom stereocenters. The van der Waals surface area contributed by atoms with Crippen molar-refractivity contribution in [3.8, 4) is 5.75 Å². The average Bonchev–Trinajstić information content (AvgIpc) is 3.22. The summed E-state index contributed by atoms with van der Waals surface area (Å²) in [5.41, 5.74) is 7.40. The second-order valence-electron chi connectivity index (χ2n) is 10.9. The molecule has 2 aromatic rings. The van der Waals surface area contributed by atoms with Gasteiger partial charge in [0, 0.05) is 25.3 Å². The number of hydrogen-bond donors (Lipinski definition) is 2. The van der Waals surface area contributed by atoms with Crippen LogP contribution in [0.1, 0.15) is 91.9 Å². The van der Waals surface area contributed by atoms with Gasteiger partial charge in [-0.15, -0.1) is 0 Å². The van der Waals surface area contributed by atoms with Crippen LogP contribution in [0.3, 0.4) is 0 Å². The van der Waals surface area contributed by atoms with Crippen molar-refractivity contribution in [3.05, 3.63) is 58.1 Å². The Labute approximate surface area is 206 Å². The van der Waals surface area contributed by atoms with Crippen LogP contribution < -0.4 is 10.2 Å². The fourth-order valence-corrected chi connectivity index (χ4v) is 5.26. The predicted octanol–water partition coefficient (Wildman–Crippen LogP) is 6.73. The molecule has 2 aromatic carbocycles. The lowest BCUT2D eigenvalue weighted by molar-refractivity contribution is 0.0933. The molecule has 0 saturated heterocycles. The molecule has 0 aromatic heterocycles. The Morgan fingerprint density at radius 3 is 2.50 bits per heavy atom. The van der Waals surface area contributed by atoms with Crippen molar-refractivity contribution in [3.63, 3.8) is 0 Å². The molecule has 0 fully saturated rings. The second kappa shape index (κ2) is 11.8. The second-order valence-corrected chi connectivity index (χ2v) is 10.9. The van der Waals surface area contributed by atoms with E-state index in [0.29, 0.717) is 12.1 Å². The van der Waals surface area contributed by atoms with Crippen LogP contribution in [0.15, 0.2) is 30.3 Å². The van der Waals surface area contributed by atoms with E-state index >= 15 is 0 Å². The van der Waals surface area contributed by atoms with E-state index in [2.05, 4.69) is 50.9 Å². The van der Waals surface area contributed by atoms with Gasteiger partial charge in [0.2, 0.25) is 0 Å². The molecular weight excluding hydrogens is 420 g/mol. The lowest BCUT2D eigenvalue weighted by Crippen LogP contribution is -2.36. The van der Waals surface area contributed by atoms with Gasteiger partial charge in [-0.05, 0) is 72.9 Å². The zero-order valence-corrected chi connectivity index (χ0v) is 22.0. The van der Waals surface area contributed by atoms with Gasteiger partial charge in [-0.1, -0.05) is 71.1 Å². The Hall–Kier alpha value is -2.49. The van der Waals surface area contributed by atoms with Crippen molar-refractivity contribution >= 4 is 11.6 Å². The maximum atomic E-state index is 12.6. The van der Waals surface area contributed by atoms with E-state index in [9.17, 15) is 9.90 Å². The number of para-hydroxylation sites is 1. The maximum Gasteiger partial charge on any atom is 0.255 e. The number of anilines is 1. The Bertz CT molecular complexity index is 980. The zero-order valence-electron chi connectivity index (χ0n) is 22.0. The summed E-state index contributed by atoms with van der Waals surface area (Å²) in [4.78, 5) is 15.3. The van der Waals surface area contributed by atoms with Crippen molar-refractivity contribution in [2.24, 2.45) is 5.41 Å². The van der Waals surface area contributed by atoms with E-state index in [4.69, 9.17) is 0 Å². The summed E-state index contributed by atoms with van der Waals surface area (Å²) >= 11 is 0. The monoisotopic (exact) mass is 464 g/mol. The summed E-state index contributed by atoms with van der Waals surface area (Å²) < 4.78 is 0. The van der Waals surface area contributed by atoms with Gasteiger partial charge >= 0.3 is 0 Å². The minimum Gasteiger partial charge on any atom is -0.507 e. The van der Waals surface area contributed by atoms with E-state index in [1.54, 1.807) is 24.3 Å². The third-order valence-corrected chi connectivity index (χ3v) is 7.22. The van der Waals surface area contributed by atoms with Crippen molar-refractivity contribution in [1.82, 2.24) is 5.32 Å². The fraction of sp³-hybridized carbons (Fsp3) is 0.567. The summed E-state index contributed by atoms with van der Waals surface area (Å²) in [7, 11) is 0. The molecule has 0 spiro atoms. The number of carbonyl (C=O) groups excluding carboxylic acids is 1. The Morgan fingerprint density at radius 1 is 1.06 bits per heavy atom. The fourth-order valence-electron chi connectivity index (χ4n) is 5.26. The quantitative estimate of drug-likeness (QED) is 0.342. The van der Waals surface area contributed by atoms with Gasteiger partial charge in [0.1, 0.15) is 5.75 Å². The van der Waals surface area contributed by atoms with Gasteiger partial charge in [0.25, 0.3) is 5.91 Å². The van der Waals surface area contributed by atoms with Gasteiger partial charge in [0.05, 0.1) is 5.56 Å². The molecule has 1 heterocycles. The van der Waals surface area contributed by atoms with Gasteiger partial charge in [0.15, 0.2) is 0 Å². The molecular formula is C30H44N2O2. The Kier molecular flexibility index (Phi) is 9.04. The van der Waals surface area contributed by atoms with E-state index in [1.807, 2.05) is 0 Å². The highest BCUT2D eigenvalue weighted by atomic mass is 16.3. The minimum atomic E-state index is -0.221. The first-order valence-electron chi connectivity index (χ1n) is 13.2. The van der Waals surface area contributed by atoms with Crippen LogP contribution in [-0.4, -0.2) is 30.6 Å². The largest absolute Gasteiger partial charge is 0.507 e. The molecule has 34 heavy (non-hydrogen) atoms. The van der Waals surface area contributed by atoms with Gasteiger partial charge in [-0.3, -0.25) is 4.79 Å². The first kappa shape index (κ1) is 26.1. The summed E-state index contributed by atoms with van der Waals surface area (Å²) in [6, 6.07) is 9.07. The number of phenolic OH excluding ortho intramolecular Hbond substituents is 1. The number of nitrogens with one attached hydrogen (secondary N) is 1. The highest BCUT2D eigenvalue weighted by Crippen LogP contribution is 2.39. The summed E-state index contributed by atoms with van der Waals surface area (Å²) in [5.74, 6) is -0.197. The molecule has 3 rings (SSSR count). The number of carbonyl (C=O) groups is 1. The SMILES string of the molecule is CCCCCCCCN1CCc2c(C)cc(C)c(CC(C)(C)CNC(=O)c3ccccc3O)c21. The van der Waals surface area contributed by atoms with Crippen molar-refractivity contribution in [1.29, 1.82) is 0 Å². The smallest absolute Gasteiger partial charge is 0.255 e. The topological polar surface area (TPSA) is 52.6 Å². The number of fused-ring (bicyclic) bond motifs is 1. The van der Waals surface area contributed by atoms with E-state index in [0.717, 1.165) is 25.9 Å². The molecule has 0 atom stereocenters. The molecule has 186 valence electrons. The van der Waals surface area contributed by atoms with Crippen LogP contribution in [0, 0.1) is 19.3 Å². The molecule has 1 amide bonds. The van der Waals surface area contributed by atoms with Crippen LogP contribution >= 0.6 is 0 Å². The number of aryl methyl sites for hydroxylation is 2. The van der Waals surface area contributed by atoms with Gasteiger partial charge in [-0.25, -0.2) is 0 Å². The molecule has 1 aliphatic rings. The number of nitrogens with zero attached hydrogens (tertiary/aromatic N) is 1. The lowest BCUT2D eigenvalue weighted by atomic mass is 9.82. The van der Waals surface area contributed by atoms with Crippen LogP contribution in [0.2, 0.25) is 0 Å². The van der Waals surface area contributed by atoms with Crippen molar-refractivity contribution < 1.29 is 9.90 Å². The number of unbranched alkanes of at least 4 members (excludes halogenated alkanes) is 5. The number of rotatable bonds is 12. The highest BCUT2D eigenvalue weighted by molar-refractivity contribution is 5.96. The average molecular weight is 465 g/mol. The van der Waals surface area contributed by atoms with Crippen LogP contribution in [0.5, 0.6) is 5.75 Å². The van der Waals surface area contributed by atoms with Crippen LogP contribution in [0.4, 0.5) is 5.69 Å². The number of hydrogen-bond acceptors (Lipinski definition) is 3. The molecule has 4 heteroatoms. The standard InChI is InChI=1S/C30H44N2O2/c1-6-7-8-9-10-13-17-32-18-16-24-22(2)19-23(3)26(28(24)32)20-30(4,5)21-31-29(34)25-14-11-12-15-27(25)33/h11-12,14-15,19,33H,6-10,13,16-18,20-21H2,1-5H3,(H,31,34). The third kappa shape index (κ3) is 6.55. The summed E-state index contributed by atoms with van der Waals surface area (Å²) in [6.45, 7) is 14.0. The maximum absolute atomic E-state index is 12.6. The van der Waals surface area contributed by atoms with Crippen LogP contribution in [0.25, 0.3) is 0 Å². The van der Waals surface area contributed by atoms with Gasteiger partial charge in [-0.2, -0.15) is 0 Å². The van der Waals surface area contributed by atoms with E-state index < -0.39 is 0 Å². The molecule has 0 aliphatic carbocycles. The predicted molar refractivity (Wildman–Crippen MR) is 143 cm³/mol. The van der Waals surface area contributed by atoms with Crippen LogP contribution in [-0.2, 0) is 12.8 Å². The molecule has 4 nitrogen and oxygen atoms in total. The third-order valence-electron chi connectivity index (χ3n) is 7.22. The first-order valence-corrected chi connectivity index (χ1v) is 13.2. The van der Waals surface area contributed by atoms with E-state index in [-0.39, 0.29) is 17.1 Å². The normalized spacial score (nSPS) is 13.3. The van der Waals surface area contributed by atoms with Crippen molar-refractivity contribution in [2.45, 2.75) is 86.0 Å². The van der Waals surface area contributed by atoms with E-state index in [1.165, 1.54) is 66.5 Å². The lowest BCUT2D eigenvalue weighted by Gasteiger charge is -2.30. The first-order chi connectivity index (χ1) is 16.2. The molecule has 0 saturated carbocycles. The zero-order chi connectivity index (χ0) is 24.7. The number of benzene rings is 2. The Morgan fingerprint density at radius 2 is 1.76 bits per heavy atom. The summed E-state index contributed by atoms with van der Waals surface area (Å²) in [5, 5.41) is 13.1. The summed E-state index contributed by atoms with van der Waals surface area (Å²) in [6.07, 6.45) is 9.97. The number of phenols is 1.